The van der Waals surface area contributed by atoms with Crippen molar-refractivity contribution < 1.29 is 9.59 Å². The number of likely N-dealkylation sites (N-methyl/N-ethyl adjacent to an activating group) is 1. The molecule has 1 unspecified atom stereocenters. The maximum absolute atomic E-state index is 12.1. The number of nitrogens with zero attached hydrogens (tertiary/aromatic N) is 1. The number of rotatable bonds is 7. The normalized spacial score (nSPS) is 14.2. The highest BCUT2D eigenvalue weighted by atomic mass is 16.2. The van der Waals surface area contributed by atoms with Gasteiger partial charge in [0.2, 0.25) is 11.8 Å². The van der Waals surface area contributed by atoms with Crippen molar-refractivity contribution in [2.45, 2.75) is 46.1 Å². The molecule has 0 radical (unpaired) electrons. The van der Waals surface area contributed by atoms with Crippen LogP contribution in [0, 0.1) is 5.92 Å². The molecule has 0 aromatic rings. The van der Waals surface area contributed by atoms with Gasteiger partial charge in [0.1, 0.15) is 0 Å². The lowest BCUT2D eigenvalue weighted by atomic mass is 9.96. The Morgan fingerprint density at radius 3 is 2.39 bits per heavy atom. The molecule has 0 aliphatic rings. The van der Waals surface area contributed by atoms with Crippen LogP contribution in [0.5, 0.6) is 0 Å². The van der Waals surface area contributed by atoms with E-state index in [0.29, 0.717) is 19.5 Å². The molecule has 1 atom stereocenters. The summed E-state index contributed by atoms with van der Waals surface area (Å²) in [5, 5.41) is 2.78. The quantitative estimate of drug-likeness (QED) is 0.706. The van der Waals surface area contributed by atoms with Gasteiger partial charge in [0.15, 0.2) is 0 Å². The molecule has 3 N–H and O–H groups in total. The number of nitrogens with two attached hydrogens (primary N) is 1. The molecule has 0 saturated heterocycles. The summed E-state index contributed by atoms with van der Waals surface area (Å²) in [7, 11) is 1.71. The first-order valence-corrected chi connectivity index (χ1v) is 6.54. The molecule has 0 aliphatic carbocycles. The largest absolute Gasteiger partial charge is 0.354 e. The number of nitrogens with one attached hydrogen (secondary N) is 1. The second-order valence-electron chi connectivity index (χ2n) is 5.34. The summed E-state index contributed by atoms with van der Waals surface area (Å²) in [5.74, 6) is -0.117. The Morgan fingerprint density at radius 1 is 1.39 bits per heavy atom. The summed E-state index contributed by atoms with van der Waals surface area (Å²) in [4.78, 5) is 25.0. The fourth-order valence-electron chi connectivity index (χ4n) is 1.71. The Balaban J connectivity index is 4.13. The summed E-state index contributed by atoms with van der Waals surface area (Å²) in [6.45, 7) is 8.36. The van der Waals surface area contributed by atoms with Gasteiger partial charge < -0.3 is 16.0 Å². The average molecular weight is 257 g/mol. The van der Waals surface area contributed by atoms with E-state index in [1.807, 2.05) is 20.8 Å². The third-order valence-electron chi connectivity index (χ3n) is 2.88. The van der Waals surface area contributed by atoms with E-state index in [9.17, 15) is 9.59 Å². The number of carbonyl (C=O) groups excluding carboxylic acids is 2. The lowest BCUT2D eigenvalue weighted by Gasteiger charge is -2.29. The second-order valence-corrected chi connectivity index (χ2v) is 5.34. The fraction of sp³-hybridized carbons (Fsp3) is 0.846. The van der Waals surface area contributed by atoms with Gasteiger partial charge in [-0.3, -0.25) is 9.59 Å². The zero-order valence-corrected chi connectivity index (χ0v) is 12.2. The van der Waals surface area contributed by atoms with Crippen molar-refractivity contribution in [1.29, 1.82) is 0 Å². The molecule has 0 spiro atoms. The van der Waals surface area contributed by atoms with Crippen molar-refractivity contribution in [2.24, 2.45) is 11.7 Å². The van der Waals surface area contributed by atoms with Crippen LogP contribution in [-0.2, 0) is 9.59 Å². The van der Waals surface area contributed by atoms with E-state index in [-0.39, 0.29) is 17.7 Å². The fourth-order valence-corrected chi connectivity index (χ4v) is 1.71. The molecule has 2 amide bonds. The van der Waals surface area contributed by atoms with Gasteiger partial charge in [-0.25, -0.2) is 0 Å². The van der Waals surface area contributed by atoms with Crippen LogP contribution < -0.4 is 11.1 Å². The van der Waals surface area contributed by atoms with Crippen molar-refractivity contribution in [1.82, 2.24) is 10.2 Å². The van der Waals surface area contributed by atoms with Crippen molar-refractivity contribution >= 4 is 11.8 Å². The zero-order chi connectivity index (χ0) is 14.3. The molecule has 0 bridgehead atoms. The molecule has 5 heteroatoms. The smallest absolute Gasteiger partial charge is 0.242 e. The van der Waals surface area contributed by atoms with Crippen LogP contribution in [-0.4, -0.2) is 42.4 Å². The standard InChI is InChI=1S/C13H27N3O2/c1-6-7-13(4,14)12(18)16(5)9-8-15-11(17)10(2)3/h10H,6-9,14H2,1-5H3,(H,15,17). The molecule has 0 fully saturated rings. The van der Waals surface area contributed by atoms with E-state index in [2.05, 4.69) is 5.32 Å². The SMILES string of the molecule is CCCC(C)(N)C(=O)N(C)CCNC(=O)C(C)C. The molecular weight excluding hydrogens is 230 g/mol. The van der Waals surface area contributed by atoms with E-state index < -0.39 is 5.54 Å². The predicted octanol–water partition coefficient (Wildman–Crippen LogP) is 0.735. The minimum absolute atomic E-state index is 0.0000765. The average Bonchev–Trinajstić information content (AvgIpc) is 2.27. The Morgan fingerprint density at radius 2 is 1.94 bits per heavy atom. The minimum atomic E-state index is -0.814. The Hall–Kier alpha value is -1.10. The molecular formula is C13H27N3O2. The number of carbonyl (C=O) groups is 2. The minimum Gasteiger partial charge on any atom is -0.354 e. The van der Waals surface area contributed by atoms with E-state index in [0.717, 1.165) is 6.42 Å². The highest BCUT2D eigenvalue weighted by Crippen LogP contribution is 2.11. The second kappa shape index (κ2) is 7.36. The molecule has 0 rings (SSSR count). The number of hydrogen-bond donors (Lipinski definition) is 2. The van der Waals surface area contributed by atoms with Crippen LogP contribution in [0.25, 0.3) is 0 Å². The van der Waals surface area contributed by atoms with Gasteiger partial charge in [-0.15, -0.1) is 0 Å². The van der Waals surface area contributed by atoms with Gasteiger partial charge in [-0.2, -0.15) is 0 Å². The van der Waals surface area contributed by atoms with E-state index in [4.69, 9.17) is 5.73 Å². The van der Waals surface area contributed by atoms with Gasteiger partial charge >= 0.3 is 0 Å². The summed E-state index contributed by atoms with van der Waals surface area (Å²) in [6, 6.07) is 0. The summed E-state index contributed by atoms with van der Waals surface area (Å²) < 4.78 is 0. The monoisotopic (exact) mass is 257 g/mol. The van der Waals surface area contributed by atoms with Crippen LogP contribution in [0.2, 0.25) is 0 Å². The molecule has 0 aromatic heterocycles. The molecule has 0 aliphatic heterocycles. The van der Waals surface area contributed by atoms with Gasteiger partial charge in [-0.05, 0) is 13.3 Å². The summed E-state index contributed by atoms with van der Waals surface area (Å²) in [6.07, 6.45) is 1.53. The van der Waals surface area contributed by atoms with Crippen LogP contribution in [0.3, 0.4) is 0 Å². The molecule has 106 valence electrons. The van der Waals surface area contributed by atoms with Crippen molar-refractivity contribution in [2.75, 3.05) is 20.1 Å². The summed E-state index contributed by atoms with van der Waals surface area (Å²) in [5.41, 5.74) is 5.16. The molecule has 0 heterocycles. The first-order valence-electron chi connectivity index (χ1n) is 6.54. The lowest BCUT2D eigenvalue weighted by molar-refractivity contribution is -0.135. The van der Waals surface area contributed by atoms with Crippen LogP contribution in [0.15, 0.2) is 0 Å². The van der Waals surface area contributed by atoms with E-state index in [1.165, 1.54) is 0 Å². The highest BCUT2D eigenvalue weighted by molar-refractivity contribution is 5.85. The topological polar surface area (TPSA) is 75.4 Å². The first kappa shape index (κ1) is 16.9. The van der Waals surface area contributed by atoms with Crippen molar-refractivity contribution in [3.05, 3.63) is 0 Å². The molecule has 0 aromatic carbocycles. The number of amides is 2. The van der Waals surface area contributed by atoms with Crippen LogP contribution in [0.4, 0.5) is 0 Å². The Bertz CT molecular complexity index is 288. The Kier molecular flexibility index (Phi) is 6.91. The van der Waals surface area contributed by atoms with Crippen LogP contribution >= 0.6 is 0 Å². The van der Waals surface area contributed by atoms with Gasteiger partial charge in [-0.1, -0.05) is 27.2 Å². The maximum atomic E-state index is 12.1. The van der Waals surface area contributed by atoms with Gasteiger partial charge in [0.25, 0.3) is 0 Å². The molecule has 0 saturated carbocycles. The third-order valence-corrected chi connectivity index (χ3v) is 2.88. The number of hydrogen-bond acceptors (Lipinski definition) is 3. The Labute approximate surface area is 110 Å². The van der Waals surface area contributed by atoms with Gasteiger partial charge in [0.05, 0.1) is 5.54 Å². The highest BCUT2D eigenvalue weighted by Gasteiger charge is 2.29. The first-order chi connectivity index (χ1) is 8.22. The van der Waals surface area contributed by atoms with Crippen molar-refractivity contribution in [3.63, 3.8) is 0 Å². The third kappa shape index (κ3) is 5.49. The van der Waals surface area contributed by atoms with Crippen molar-refractivity contribution in [3.8, 4) is 0 Å². The van der Waals surface area contributed by atoms with Crippen LogP contribution in [0.1, 0.15) is 40.5 Å². The predicted molar refractivity (Wildman–Crippen MR) is 73.0 cm³/mol. The lowest BCUT2D eigenvalue weighted by Crippen LogP contribution is -2.53. The zero-order valence-electron chi connectivity index (χ0n) is 12.2. The summed E-state index contributed by atoms with van der Waals surface area (Å²) >= 11 is 0. The van der Waals surface area contributed by atoms with E-state index in [1.54, 1.807) is 18.9 Å². The van der Waals surface area contributed by atoms with Gasteiger partial charge in [0, 0.05) is 26.1 Å². The molecule has 5 nitrogen and oxygen atoms in total. The van der Waals surface area contributed by atoms with E-state index >= 15 is 0 Å². The molecule has 18 heavy (non-hydrogen) atoms. The maximum Gasteiger partial charge on any atom is 0.242 e.